The number of nitrogens with zero attached hydrogens (tertiary/aromatic N) is 3. The first kappa shape index (κ1) is 17.6. The van der Waals surface area contributed by atoms with Crippen molar-refractivity contribution in [1.82, 2.24) is 9.97 Å². The Bertz CT molecular complexity index is 1210. The molecule has 0 fully saturated rings. The summed E-state index contributed by atoms with van der Waals surface area (Å²) >= 11 is 1.39. The molecule has 2 aromatic carbocycles. The highest BCUT2D eigenvalue weighted by molar-refractivity contribution is 7.07. The van der Waals surface area contributed by atoms with Gasteiger partial charge < -0.3 is 15.0 Å². The predicted octanol–water partition coefficient (Wildman–Crippen LogP) is 4.44. The Kier molecular flexibility index (Phi) is 4.37. The lowest BCUT2D eigenvalue weighted by molar-refractivity contribution is 0.102. The fraction of sp³-hybridized carbons (Fsp3) is 0.136. The van der Waals surface area contributed by atoms with E-state index in [9.17, 15) is 4.79 Å². The monoisotopic (exact) mass is 402 g/mol. The normalized spacial score (nSPS) is 13.1. The highest BCUT2D eigenvalue weighted by Gasteiger charge is 2.16. The number of carbonyl (C=O) groups is 1. The van der Waals surface area contributed by atoms with E-state index in [1.165, 1.54) is 11.3 Å². The van der Waals surface area contributed by atoms with Crippen molar-refractivity contribution < 1.29 is 9.53 Å². The summed E-state index contributed by atoms with van der Waals surface area (Å²) in [5.74, 6) is 0.624. The fourth-order valence-electron chi connectivity index (χ4n) is 3.44. The molecule has 5 rings (SSSR count). The summed E-state index contributed by atoms with van der Waals surface area (Å²) in [6.45, 7) is 1.55. The van der Waals surface area contributed by atoms with E-state index in [1.807, 2.05) is 36.4 Å². The van der Waals surface area contributed by atoms with Crippen LogP contribution in [0.25, 0.3) is 22.2 Å². The lowest BCUT2D eigenvalue weighted by Crippen LogP contribution is -2.28. The van der Waals surface area contributed by atoms with Crippen molar-refractivity contribution in [1.29, 1.82) is 0 Å². The highest BCUT2D eigenvalue weighted by atomic mass is 32.1. The third kappa shape index (κ3) is 3.30. The van der Waals surface area contributed by atoms with Crippen LogP contribution in [-0.2, 0) is 0 Å². The summed E-state index contributed by atoms with van der Waals surface area (Å²) in [5.41, 5.74) is 6.33. The first-order valence-electron chi connectivity index (χ1n) is 9.27. The molecule has 29 heavy (non-hydrogen) atoms. The van der Waals surface area contributed by atoms with Crippen LogP contribution in [0, 0.1) is 0 Å². The number of rotatable bonds is 3. The first-order chi connectivity index (χ1) is 14.2. The van der Waals surface area contributed by atoms with E-state index in [2.05, 4.69) is 34.4 Å². The Labute approximate surface area is 171 Å². The highest BCUT2D eigenvalue weighted by Crippen LogP contribution is 2.35. The number of anilines is 2. The van der Waals surface area contributed by atoms with Gasteiger partial charge in [0.15, 0.2) is 0 Å². The molecule has 7 heteroatoms. The van der Waals surface area contributed by atoms with Gasteiger partial charge >= 0.3 is 0 Å². The Morgan fingerprint density at radius 1 is 1.21 bits per heavy atom. The number of ether oxygens (including phenoxy) is 1. The van der Waals surface area contributed by atoms with Crippen molar-refractivity contribution in [3.8, 4) is 17.0 Å². The second kappa shape index (κ2) is 7.18. The predicted molar refractivity (Wildman–Crippen MR) is 116 cm³/mol. The van der Waals surface area contributed by atoms with E-state index >= 15 is 0 Å². The summed E-state index contributed by atoms with van der Waals surface area (Å²) in [7, 11) is 2.06. The quantitative estimate of drug-likeness (QED) is 0.549. The number of pyridine rings is 1. The number of likely N-dealkylation sites (N-methyl/N-ethyl adjacent to an activating group) is 1. The molecule has 1 aliphatic heterocycles. The molecule has 4 aromatic rings. The van der Waals surface area contributed by atoms with Gasteiger partial charge in [-0.05, 0) is 24.3 Å². The number of benzene rings is 2. The number of amides is 1. The molecule has 0 bridgehead atoms. The summed E-state index contributed by atoms with van der Waals surface area (Å²) in [6.07, 6.45) is 0. The van der Waals surface area contributed by atoms with Crippen LogP contribution in [0.1, 0.15) is 10.5 Å². The summed E-state index contributed by atoms with van der Waals surface area (Å²) in [5, 5.41) is 5.62. The lowest BCUT2D eigenvalue weighted by atomic mass is 10.1. The SMILES string of the molecule is CN1CCOc2cc(-c3ccc4cccc(NC(=O)c5cscn5)c4n3)ccc21. The molecule has 1 amide bonds. The topological polar surface area (TPSA) is 67.3 Å². The van der Waals surface area contributed by atoms with Crippen LogP contribution in [0.4, 0.5) is 11.4 Å². The molecule has 144 valence electrons. The van der Waals surface area contributed by atoms with Crippen LogP contribution in [0.5, 0.6) is 5.75 Å². The van der Waals surface area contributed by atoms with Crippen molar-refractivity contribution in [3.63, 3.8) is 0 Å². The molecule has 0 radical (unpaired) electrons. The molecule has 0 atom stereocenters. The average Bonchev–Trinajstić information content (AvgIpc) is 3.29. The van der Waals surface area contributed by atoms with E-state index in [4.69, 9.17) is 9.72 Å². The Morgan fingerprint density at radius 2 is 2.14 bits per heavy atom. The molecule has 3 heterocycles. The number of fused-ring (bicyclic) bond motifs is 2. The minimum absolute atomic E-state index is 0.240. The molecule has 0 saturated carbocycles. The van der Waals surface area contributed by atoms with Gasteiger partial charge in [-0.3, -0.25) is 4.79 Å². The van der Waals surface area contributed by atoms with Gasteiger partial charge in [0.2, 0.25) is 0 Å². The maximum Gasteiger partial charge on any atom is 0.275 e. The van der Waals surface area contributed by atoms with E-state index < -0.39 is 0 Å². The minimum Gasteiger partial charge on any atom is -0.490 e. The van der Waals surface area contributed by atoms with Gasteiger partial charge in [-0.2, -0.15) is 0 Å². The lowest BCUT2D eigenvalue weighted by Gasteiger charge is -2.27. The summed E-state index contributed by atoms with van der Waals surface area (Å²) in [6, 6.07) is 15.9. The fourth-order valence-corrected chi connectivity index (χ4v) is 3.97. The minimum atomic E-state index is -0.240. The second-order valence-electron chi connectivity index (χ2n) is 6.85. The molecular weight excluding hydrogens is 384 g/mol. The summed E-state index contributed by atoms with van der Waals surface area (Å²) < 4.78 is 5.83. The number of aromatic nitrogens is 2. The molecule has 0 saturated heterocycles. The molecule has 0 spiro atoms. The smallest absolute Gasteiger partial charge is 0.275 e. The van der Waals surface area contributed by atoms with Crippen LogP contribution >= 0.6 is 11.3 Å². The molecule has 1 N–H and O–H groups in total. The number of thiazole rings is 1. The number of hydrogen-bond acceptors (Lipinski definition) is 6. The standard InChI is InChI=1S/C22H18N4O2S/c1-26-9-10-28-20-11-15(6-8-19(20)26)16-7-5-14-3-2-4-17(21(14)24-16)25-22(27)18-12-29-13-23-18/h2-8,11-13H,9-10H2,1H3,(H,25,27). The molecular formula is C22H18N4O2S. The maximum atomic E-state index is 12.4. The molecule has 6 nitrogen and oxygen atoms in total. The van der Waals surface area contributed by atoms with Crippen molar-refractivity contribution >= 4 is 39.5 Å². The summed E-state index contributed by atoms with van der Waals surface area (Å²) in [4.78, 5) is 23.6. The zero-order valence-corrected chi connectivity index (χ0v) is 16.6. The third-order valence-electron chi connectivity index (χ3n) is 4.98. The third-order valence-corrected chi connectivity index (χ3v) is 5.57. The van der Waals surface area contributed by atoms with Crippen LogP contribution in [0.2, 0.25) is 0 Å². The van der Waals surface area contributed by atoms with Gasteiger partial charge in [-0.1, -0.05) is 24.3 Å². The van der Waals surface area contributed by atoms with E-state index in [-0.39, 0.29) is 5.91 Å². The van der Waals surface area contributed by atoms with Crippen LogP contribution < -0.4 is 15.0 Å². The van der Waals surface area contributed by atoms with Crippen molar-refractivity contribution in [2.45, 2.75) is 0 Å². The van der Waals surface area contributed by atoms with Gasteiger partial charge in [-0.25, -0.2) is 9.97 Å². The number of hydrogen-bond donors (Lipinski definition) is 1. The van der Waals surface area contributed by atoms with Gasteiger partial charge in [0.1, 0.15) is 18.1 Å². The Hall–Kier alpha value is -3.45. The van der Waals surface area contributed by atoms with Gasteiger partial charge in [0.05, 0.1) is 34.6 Å². The van der Waals surface area contributed by atoms with Gasteiger partial charge in [-0.15, -0.1) is 11.3 Å². The molecule has 2 aromatic heterocycles. The van der Waals surface area contributed by atoms with Crippen molar-refractivity contribution in [2.24, 2.45) is 0 Å². The van der Waals surface area contributed by atoms with E-state index in [0.717, 1.165) is 40.1 Å². The molecule has 1 aliphatic rings. The van der Waals surface area contributed by atoms with Crippen LogP contribution in [0.15, 0.2) is 59.4 Å². The zero-order valence-electron chi connectivity index (χ0n) is 15.8. The van der Waals surface area contributed by atoms with Gasteiger partial charge in [0, 0.05) is 23.4 Å². The Morgan fingerprint density at radius 3 is 3.00 bits per heavy atom. The largest absolute Gasteiger partial charge is 0.490 e. The van der Waals surface area contributed by atoms with Gasteiger partial charge in [0.25, 0.3) is 5.91 Å². The van der Waals surface area contributed by atoms with Crippen molar-refractivity contribution in [3.05, 3.63) is 65.1 Å². The Balaban J connectivity index is 1.54. The maximum absolute atomic E-state index is 12.4. The number of para-hydroxylation sites is 1. The number of carbonyl (C=O) groups excluding carboxylic acids is 1. The van der Waals surface area contributed by atoms with E-state index in [1.54, 1.807) is 10.9 Å². The molecule has 0 aliphatic carbocycles. The van der Waals surface area contributed by atoms with Crippen LogP contribution in [-0.4, -0.2) is 36.1 Å². The number of nitrogens with one attached hydrogen (secondary N) is 1. The first-order valence-corrected chi connectivity index (χ1v) is 10.2. The van der Waals surface area contributed by atoms with E-state index in [0.29, 0.717) is 18.0 Å². The zero-order chi connectivity index (χ0) is 19.8. The molecule has 0 unspecified atom stereocenters. The average molecular weight is 402 g/mol. The second-order valence-corrected chi connectivity index (χ2v) is 7.57. The van der Waals surface area contributed by atoms with Crippen molar-refractivity contribution in [2.75, 3.05) is 30.4 Å². The van der Waals surface area contributed by atoms with Crippen LogP contribution in [0.3, 0.4) is 0 Å².